The van der Waals surface area contributed by atoms with Crippen LogP contribution in [0.5, 0.6) is 0 Å². The number of benzene rings is 1. The Balaban J connectivity index is 1.45. The van der Waals surface area contributed by atoms with E-state index in [-0.39, 0.29) is 5.91 Å². The van der Waals surface area contributed by atoms with E-state index in [0.29, 0.717) is 12.6 Å². The molecule has 1 aromatic carbocycles. The van der Waals surface area contributed by atoms with Gasteiger partial charge in [0.15, 0.2) is 5.96 Å². The van der Waals surface area contributed by atoms with Gasteiger partial charge < -0.3 is 21.4 Å². The summed E-state index contributed by atoms with van der Waals surface area (Å²) in [6.07, 6.45) is 4.84. The summed E-state index contributed by atoms with van der Waals surface area (Å²) >= 11 is 6.11. The lowest BCUT2D eigenvalue weighted by Gasteiger charge is -2.32. The van der Waals surface area contributed by atoms with Gasteiger partial charge in [-0.15, -0.1) is 0 Å². The molecule has 0 aliphatic carbocycles. The van der Waals surface area contributed by atoms with Gasteiger partial charge in [0.1, 0.15) is 0 Å². The maximum absolute atomic E-state index is 11.0. The first-order valence-corrected chi connectivity index (χ1v) is 9.66. The summed E-state index contributed by atoms with van der Waals surface area (Å²) < 4.78 is 0. The van der Waals surface area contributed by atoms with Crippen LogP contribution in [-0.4, -0.2) is 61.0 Å². The highest BCUT2D eigenvalue weighted by atomic mass is 35.5. The molecule has 7 nitrogen and oxygen atoms in total. The van der Waals surface area contributed by atoms with Crippen LogP contribution in [0.15, 0.2) is 29.4 Å². The van der Waals surface area contributed by atoms with Gasteiger partial charge in [-0.05, 0) is 43.0 Å². The van der Waals surface area contributed by atoms with E-state index in [4.69, 9.17) is 17.3 Å². The number of rotatable bonds is 6. The molecule has 0 saturated carbocycles. The SMILES string of the molecule is CN=C(NCCc1c[nH]c2ccc(Cl)cc12)NC1CCN(CC(N)=O)CC1. The van der Waals surface area contributed by atoms with Gasteiger partial charge in [0.25, 0.3) is 0 Å². The highest BCUT2D eigenvalue weighted by Crippen LogP contribution is 2.22. The standard InChI is InChI=1S/C19H27ClN6O/c1-22-19(25-15-5-8-26(9-6-15)12-18(21)27)23-7-4-13-11-24-17-3-2-14(20)10-16(13)17/h2-3,10-11,15,24H,4-9,12H2,1H3,(H2,21,27)(H2,22,23,25). The number of aliphatic imine (C=N–C) groups is 1. The minimum Gasteiger partial charge on any atom is -0.369 e. The molecule has 2 aromatic rings. The van der Waals surface area contributed by atoms with Gasteiger partial charge in [0.05, 0.1) is 6.54 Å². The maximum Gasteiger partial charge on any atom is 0.231 e. The number of H-pyrrole nitrogens is 1. The number of likely N-dealkylation sites (tertiary alicyclic amines) is 1. The van der Waals surface area contributed by atoms with Crippen LogP contribution in [0.1, 0.15) is 18.4 Å². The van der Waals surface area contributed by atoms with E-state index in [1.807, 2.05) is 24.4 Å². The Morgan fingerprint density at radius 1 is 1.41 bits per heavy atom. The number of piperidine rings is 1. The number of halogens is 1. The third kappa shape index (κ3) is 5.37. The molecule has 0 spiro atoms. The number of primary amides is 1. The van der Waals surface area contributed by atoms with E-state index in [1.54, 1.807) is 7.05 Å². The number of fused-ring (bicyclic) bond motifs is 1. The fraction of sp³-hybridized carbons (Fsp3) is 0.474. The molecule has 1 saturated heterocycles. The van der Waals surface area contributed by atoms with Gasteiger partial charge >= 0.3 is 0 Å². The molecule has 1 fully saturated rings. The summed E-state index contributed by atoms with van der Waals surface area (Å²) in [7, 11) is 1.78. The third-order valence-corrected chi connectivity index (χ3v) is 5.18. The summed E-state index contributed by atoms with van der Waals surface area (Å²) in [6, 6.07) is 6.24. The zero-order chi connectivity index (χ0) is 19.2. The lowest BCUT2D eigenvalue weighted by molar-refractivity contribution is -0.119. The Morgan fingerprint density at radius 2 is 2.19 bits per heavy atom. The number of hydrogen-bond acceptors (Lipinski definition) is 3. The topological polar surface area (TPSA) is 98.5 Å². The van der Waals surface area contributed by atoms with Gasteiger partial charge in [0.2, 0.25) is 5.91 Å². The van der Waals surface area contributed by atoms with E-state index in [1.165, 1.54) is 5.56 Å². The van der Waals surface area contributed by atoms with Gasteiger partial charge in [-0.2, -0.15) is 0 Å². The van der Waals surface area contributed by atoms with Crippen molar-refractivity contribution < 1.29 is 4.79 Å². The Kier molecular flexibility index (Phi) is 6.58. The molecule has 1 aliphatic heterocycles. The van der Waals surface area contributed by atoms with Crippen LogP contribution in [-0.2, 0) is 11.2 Å². The molecule has 1 aromatic heterocycles. The minimum atomic E-state index is -0.266. The molecule has 146 valence electrons. The molecule has 0 radical (unpaired) electrons. The number of nitrogens with one attached hydrogen (secondary N) is 3. The van der Waals surface area contributed by atoms with Crippen LogP contribution in [0, 0.1) is 0 Å². The van der Waals surface area contributed by atoms with Crippen LogP contribution < -0.4 is 16.4 Å². The molecular formula is C19H27ClN6O. The third-order valence-electron chi connectivity index (χ3n) is 4.95. The molecule has 0 atom stereocenters. The molecule has 1 aliphatic rings. The van der Waals surface area contributed by atoms with E-state index < -0.39 is 0 Å². The lowest BCUT2D eigenvalue weighted by atomic mass is 10.1. The van der Waals surface area contributed by atoms with Crippen molar-refractivity contribution in [3.63, 3.8) is 0 Å². The molecule has 0 unspecified atom stereocenters. The number of carbonyl (C=O) groups is 1. The predicted molar refractivity (Wildman–Crippen MR) is 110 cm³/mol. The number of nitrogens with zero attached hydrogens (tertiary/aromatic N) is 2. The first-order valence-electron chi connectivity index (χ1n) is 9.28. The molecule has 27 heavy (non-hydrogen) atoms. The summed E-state index contributed by atoms with van der Waals surface area (Å²) in [4.78, 5) is 20.7. The highest BCUT2D eigenvalue weighted by molar-refractivity contribution is 6.31. The normalized spacial score (nSPS) is 16.6. The number of aromatic amines is 1. The highest BCUT2D eigenvalue weighted by Gasteiger charge is 2.20. The van der Waals surface area contributed by atoms with Crippen LogP contribution in [0.2, 0.25) is 5.02 Å². The Bertz CT molecular complexity index is 810. The zero-order valence-corrected chi connectivity index (χ0v) is 16.4. The van der Waals surface area contributed by atoms with Crippen molar-refractivity contribution in [3.8, 4) is 0 Å². The fourth-order valence-electron chi connectivity index (χ4n) is 3.52. The van der Waals surface area contributed by atoms with Crippen molar-refractivity contribution in [3.05, 3.63) is 35.0 Å². The van der Waals surface area contributed by atoms with E-state index in [0.717, 1.165) is 60.8 Å². The number of guanidine groups is 1. The van der Waals surface area contributed by atoms with Crippen molar-refractivity contribution in [2.45, 2.75) is 25.3 Å². The van der Waals surface area contributed by atoms with Gasteiger partial charge in [0, 0.05) is 54.8 Å². The maximum atomic E-state index is 11.0. The number of carbonyl (C=O) groups excluding carboxylic acids is 1. The van der Waals surface area contributed by atoms with Crippen molar-refractivity contribution >= 4 is 34.4 Å². The second kappa shape index (κ2) is 9.10. The van der Waals surface area contributed by atoms with Crippen molar-refractivity contribution in [1.29, 1.82) is 0 Å². The van der Waals surface area contributed by atoms with E-state index >= 15 is 0 Å². The van der Waals surface area contributed by atoms with E-state index in [2.05, 4.69) is 25.5 Å². The average Bonchev–Trinajstić information content (AvgIpc) is 3.04. The molecule has 3 rings (SSSR count). The average molecular weight is 391 g/mol. The van der Waals surface area contributed by atoms with Crippen molar-refractivity contribution in [2.75, 3.05) is 33.2 Å². The van der Waals surface area contributed by atoms with Crippen molar-refractivity contribution in [1.82, 2.24) is 20.5 Å². The number of amides is 1. The quantitative estimate of drug-likeness (QED) is 0.443. The number of aromatic nitrogens is 1. The summed E-state index contributed by atoms with van der Waals surface area (Å²) in [6.45, 7) is 2.86. The Morgan fingerprint density at radius 3 is 2.89 bits per heavy atom. The van der Waals surface area contributed by atoms with Crippen LogP contribution in [0.4, 0.5) is 0 Å². The summed E-state index contributed by atoms with van der Waals surface area (Å²) in [5.74, 6) is 0.540. The second-order valence-electron chi connectivity index (χ2n) is 6.91. The molecular weight excluding hydrogens is 364 g/mol. The summed E-state index contributed by atoms with van der Waals surface area (Å²) in [5.41, 5.74) is 7.59. The predicted octanol–water partition coefficient (Wildman–Crippen LogP) is 1.48. The first-order chi connectivity index (χ1) is 13.0. The smallest absolute Gasteiger partial charge is 0.231 e. The van der Waals surface area contributed by atoms with Gasteiger partial charge in [-0.1, -0.05) is 11.6 Å². The zero-order valence-electron chi connectivity index (χ0n) is 15.6. The Hall–Kier alpha value is -2.25. The first kappa shape index (κ1) is 19.5. The molecule has 8 heteroatoms. The lowest BCUT2D eigenvalue weighted by Crippen LogP contribution is -2.50. The Labute approximate surface area is 164 Å². The molecule has 0 bridgehead atoms. The van der Waals surface area contributed by atoms with Gasteiger partial charge in [-0.3, -0.25) is 14.7 Å². The fourth-order valence-corrected chi connectivity index (χ4v) is 3.69. The van der Waals surface area contributed by atoms with Crippen LogP contribution in [0.25, 0.3) is 10.9 Å². The largest absolute Gasteiger partial charge is 0.369 e. The van der Waals surface area contributed by atoms with Gasteiger partial charge in [-0.25, -0.2) is 0 Å². The molecule has 2 heterocycles. The molecule has 5 N–H and O–H groups in total. The molecule has 1 amide bonds. The monoisotopic (exact) mass is 390 g/mol. The van der Waals surface area contributed by atoms with E-state index in [9.17, 15) is 4.79 Å². The summed E-state index contributed by atoms with van der Waals surface area (Å²) in [5, 5.41) is 8.76. The van der Waals surface area contributed by atoms with Crippen molar-refractivity contribution in [2.24, 2.45) is 10.7 Å². The van der Waals surface area contributed by atoms with Crippen LogP contribution in [0.3, 0.4) is 0 Å². The second-order valence-corrected chi connectivity index (χ2v) is 7.35. The van der Waals surface area contributed by atoms with Crippen LogP contribution >= 0.6 is 11.6 Å². The minimum absolute atomic E-state index is 0.266. The number of hydrogen-bond donors (Lipinski definition) is 4. The number of nitrogens with two attached hydrogens (primary N) is 1.